The number of amides is 1. The molecule has 6 rings (SSSR count). The molecule has 1 atom stereocenters. The number of hydrogen-bond acceptors (Lipinski definition) is 3. The van der Waals surface area contributed by atoms with Crippen LogP contribution in [0.1, 0.15) is 64.2 Å². The summed E-state index contributed by atoms with van der Waals surface area (Å²) in [5.41, 5.74) is 1.13. The van der Waals surface area contributed by atoms with Crippen molar-refractivity contribution in [1.82, 2.24) is 9.78 Å². The zero-order valence-electron chi connectivity index (χ0n) is 15.7. The molecule has 142 valence electrons. The number of aromatic nitrogens is 2. The molecule has 4 saturated carbocycles. The van der Waals surface area contributed by atoms with E-state index in [9.17, 15) is 4.79 Å². The molecule has 0 radical (unpaired) electrons. The minimum atomic E-state index is 0.181. The van der Waals surface area contributed by atoms with Crippen molar-refractivity contribution >= 4 is 11.6 Å². The third-order valence-electron chi connectivity index (χ3n) is 7.28. The summed E-state index contributed by atoms with van der Waals surface area (Å²) >= 11 is 0. The molecule has 1 aliphatic heterocycles. The van der Waals surface area contributed by atoms with E-state index in [0.717, 1.165) is 43.0 Å². The summed E-state index contributed by atoms with van der Waals surface area (Å²) in [5.74, 6) is 2.87. The molecule has 5 aliphatic rings. The first-order valence-electron chi connectivity index (χ1n) is 10.6. The highest BCUT2D eigenvalue weighted by Gasteiger charge is 2.51. The quantitative estimate of drug-likeness (QED) is 0.867. The van der Waals surface area contributed by atoms with E-state index in [1.807, 2.05) is 10.9 Å². The van der Waals surface area contributed by atoms with E-state index in [1.165, 1.54) is 51.4 Å². The summed E-state index contributed by atoms with van der Waals surface area (Å²) in [6.07, 6.45) is 16.3. The third kappa shape index (κ3) is 3.42. The van der Waals surface area contributed by atoms with Gasteiger partial charge in [0.25, 0.3) is 0 Å². The van der Waals surface area contributed by atoms with Gasteiger partial charge in [-0.25, -0.2) is 0 Å². The van der Waals surface area contributed by atoms with Gasteiger partial charge in [0.2, 0.25) is 5.91 Å². The van der Waals surface area contributed by atoms with Crippen LogP contribution in [0.5, 0.6) is 0 Å². The Morgan fingerprint density at radius 2 is 1.92 bits per heavy atom. The van der Waals surface area contributed by atoms with Gasteiger partial charge in [0.1, 0.15) is 0 Å². The van der Waals surface area contributed by atoms with Crippen molar-refractivity contribution in [3.05, 3.63) is 12.4 Å². The zero-order chi connectivity index (χ0) is 17.6. The Balaban J connectivity index is 1.17. The van der Waals surface area contributed by atoms with Crippen molar-refractivity contribution in [3.8, 4) is 0 Å². The highest BCUT2D eigenvalue weighted by atomic mass is 16.5. The van der Waals surface area contributed by atoms with E-state index in [2.05, 4.69) is 10.4 Å². The van der Waals surface area contributed by atoms with Crippen molar-refractivity contribution in [2.45, 2.75) is 76.9 Å². The van der Waals surface area contributed by atoms with Gasteiger partial charge in [-0.15, -0.1) is 0 Å². The predicted octanol–water partition coefficient (Wildman–Crippen LogP) is 4.00. The minimum absolute atomic E-state index is 0.181. The fourth-order valence-corrected chi connectivity index (χ4v) is 6.74. The molecule has 1 saturated heterocycles. The van der Waals surface area contributed by atoms with Gasteiger partial charge in [-0.1, -0.05) is 0 Å². The average molecular weight is 357 g/mol. The second-order valence-corrected chi connectivity index (χ2v) is 9.58. The van der Waals surface area contributed by atoms with Crippen LogP contribution in [-0.2, 0) is 16.1 Å². The SMILES string of the molecule is O=C(CC12CC3CC(CC(C3)C1)C2)Nc1cnn(CC2CCCCO2)c1. The van der Waals surface area contributed by atoms with Crippen molar-refractivity contribution < 1.29 is 9.53 Å². The van der Waals surface area contributed by atoms with Gasteiger partial charge in [-0.3, -0.25) is 9.48 Å². The lowest BCUT2D eigenvalue weighted by atomic mass is 9.49. The topological polar surface area (TPSA) is 56.2 Å². The summed E-state index contributed by atoms with van der Waals surface area (Å²) in [6.45, 7) is 1.64. The van der Waals surface area contributed by atoms with E-state index < -0.39 is 0 Å². The average Bonchev–Trinajstić information content (AvgIpc) is 3.00. The van der Waals surface area contributed by atoms with Gasteiger partial charge in [0, 0.05) is 19.2 Å². The molecule has 26 heavy (non-hydrogen) atoms. The largest absolute Gasteiger partial charge is 0.376 e. The Hall–Kier alpha value is -1.36. The van der Waals surface area contributed by atoms with Crippen LogP contribution in [0.3, 0.4) is 0 Å². The van der Waals surface area contributed by atoms with Gasteiger partial charge in [0.15, 0.2) is 0 Å². The molecule has 5 nitrogen and oxygen atoms in total. The third-order valence-corrected chi connectivity index (χ3v) is 7.28. The second kappa shape index (κ2) is 6.66. The standard InChI is InChI=1S/C21H31N3O2/c25-20(11-21-8-15-5-16(9-21)7-17(6-15)10-21)23-18-12-22-24(13-18)14-19-3-1-2-4-26-19/h12-13,15-17,19H,1-11,14H2,(H,23,25). The molecule has 5 heteroatoms. The summed E-state index contributed by atoms with van der Waals surface area (Å²) in [7, 11) is 0. The maximum absolute atomic E-state index is 12.7. The lowest BCUT2D eigenvalue weighted by Crippen LogP contribution is -2.47. The van der Waals surface area contributed by atoms with Crippen LogP contribution in [-0.4, -0.2) is 28.4 Å². The van der Waals surface area contributed by atoms with E-state index in [-0.39, 0.29) is 12.0 Å². The number of hydrogen-bond donors (Lipinski definition) is 1. The smallest absolute Gasteiger partial charge is 0.225 e. The van der Waals surface area contributed by atoms with E-state index in [1.54, 1.807) is 6.20 Å². The van der Waals surface area contributed by atoms with Crippen molar-refractivity contribution in [3.63, 3.8) is 0 Å². The maximum atomic E-state index is 12.7. The molecule has 1 amide bonds. The number of rotatable bonds is 5. The molecule has 1 aromatic rings. The molecule has 5 fully saturated rings. The number of nitrogens with one attached hydrogen (secondary N) is 1. The van der Waals surface area contributed by atoms with Gasteiger partial charge in [-0.05, 0) is 81.0 Å². The lowest BCUT2D eigenvalue weighted by Gasteiger charge is -2.56. The maximum Gasteiger partial charge on any atom is 0.225 e. The molecule has 2 heterocycles. The number of anilines is 1. The molecule has 0 aromatic carbocycles. The summed E-state index contributed by atoms with van der Waals surface area (Å²) in [6, 6.07) is 0. The van der Waals surface area contributed by atoms with Crippen LogP contribution < -0.4 is 5.32 Å². The monoisotopic (exact) mass is 357 g/mol. The minimum Gasteiger partial charge on any atom is -0.376 e. The van der Waals surface area contributed by atoms with Crippen molar-refractivity contribution in [1.29, 1.82) is 0 Å². The Kier molecular flexibility index (Phi) is 4.30. The predicted molar refractivity (Wildman–Crippen MR) is 99.7 cm³/mol. The number of carbonyl (C=O) groups excluding carboxylic acids is 1. The molecular formula is C21H31N3O2. The summed E-state index contributed by atoms with van der Waals surface area (Å²) in [5, 5.41) is 7.52. The highest BCUT2D eigenvalue weighted by Crippen LogP contribution is 2.61. The first-order chi connectivity index (χ1) is 12.7. The van der Waals surface area contributed by atoms with Crippen LogP contribution in [0.4, 0.5) is 5.69 Å². The number of ether oxygens (including phenoxy) is 1. The normalized spacial score (nSPS) is 38.5. The van der Waals surface area contributed by atoms with E-state index in [4.69, 9.17) is 4.74 Å². The fraction of sp³-hybridized carbons (Fsp3) is 0.810. The molecule has 1 aromatic heterocycles. The van der Waals surface area contributed by atoms with Crippen LogP contribution >= 0.6 is 0 Å². The van der Waals surface area contributed by atoms with Crippen LogP contribution in [0.25, 0.3) is 0 Å². The fourth-order valence-electron chi connectivity index (χ4n) is 6.74. The van der Waals surface area contributed by atoms with Crippen molar-refractivity contribution in [2.75, 3.05) is 11.9 Å². The van der Waals surface area contributed by atoms with Crippen LogP contribution in [0, 0.1) is 23.2 Å². The Morgan fingerprint density at radius 1 is 1.19 bits per heavy atom. The van der Waals surface area contributed by atoms with Gasteiger partial charge in [-0.2, -0.15) is 5.10 Å². The van der Waals surface area contributed by atoms with Gasteiger partial charge < -0.3 is 10.1 Å². The molecule has 0 spiro atoms. The zero-order valence-corrected chi connectivity index (χ0v) is 15.7. The second-order valence-electron chi connectivity index (χ2n) is 9.58. The number of carbonyl (C=O) groups is 1. The molecule has 4 aliphatic carbocycles. The molecule has 1 unspecified atom stereocenters. The van der Waals surface area contributed by atoms with Gasteiger partial charge >= 0.3 is 0 Å². The Bertz CT molecular complexity index is 627. The molecular weight excluding hydrogens is 326 g/mol. The van der Waals surface area contributed by atoms with E-state index >= 15 is 0 Å². The lowest BCUT2D eigenvalue weighted by molar-refractivity contribution is -0.124. The van der Waals surface area contributed by atoms with E-state index in [0.29, 0.717) is 11.8 Å². The molecule has 4 bridgehead atoms. The summed E-state index contributed by atoms with van der Waals surface area (Å²) < 4.78 is 7.70. The Labute approximate surface area is 155 Å². The summed E-state index contributed by atoms with van der Waals surface area (Å²) in [4.78, 5) is 12.7. The number of nitrogens with zero attached hydrogens (tertiary/aromatic N) is 2. The molecule has 1 N–H and O–H groups in total. The first kappa shape index (κ1) is 16.8. The highest BCUT2D eigenvalue weighted by molar-refractivity contribution is 5.90. The van der Waals surface area contributed by atoms with Crippen molar-refractivity contribution in [2.24, 2.45) is 23.2 Å². The van der Waals surface area contributed by atoms with Crippen LogP contribution in [0.15, 0.2) is 12.4 Å². The van der Waals surface area contributed by atoms with Crippen LogP contribution in [0.2, 0.25) is 0 Å². The Morgan fingerprint density at radius 3 is 2.58 bits per heavy atom. The van der Waals surface area contributed by atoms with Gasteiger partial charge in [0.05, 0.1) is 24.5 Å². The first-order valence-corrected chi connectivity index (χ1v) is 10.6.